The molecule has 0 radical (unpaired) electrons. The van der Waals surface area contributed by atoms with E-state index in [1.165, 1.54) is 24.0 Å². The number of nitrogens with zero attached hydrogens (tertiary/aromatic N) is 1. The molecule has 0 aromatic heterocycles. The highest BCUT2D eigenvalue weighted by molar-refractivity contribution is 5.98. The first kappa shape index (κ1) is 27.5. The lowest BCUT2D eigenvalue weighted by atomic mass is 10.0. The van der Waals surface area contributed by atoms with E-state index in [-0.39, 0.29) is 30.5 Å². The van der Waals surface area contributed by atoms with Crippen LogP contribution in [0.1, 0.15) is 51.2 Å². The van der Waals surface area contributed by atoms with Gasteiger partial charge in [-0.05, 0) is 55.2 Å². The molecule has 9 heteroatoms. The highest BCUT2D eigenvalue weighted by Gasteiger charge is 2.27. The Morgan fingerprint density at radius 3 is 2.33 bits per heavy atom. The van der Waals surface area contributed by atoms with Gasteiger partial charge in [0.2, 0.25) is 11.8 Å². The summed E-state index contributed by atoms with van der Waals surface area (Å²) < 4.78 is 14.5. The molecular weight excluding hydrogens is 499 g/mol. The van der Waals surface area contributed by atoms with Crippen molar-refractivity contribution in [3.05, 3.63) is 107 Å². The third-order valence-electron chi connectivity index (χ3n) is 6.54. The number of hydrogen-bond acceptors (Lipinski definition) is 4. The first-order valence-electron chi connectivity index (χ1n) is 12.9. The first-order valence-corrected chi connectivity index (χ1v) is 12.9. The minimum absolute atomic E-state index is 0.00692. The van der Waals surface area contributed by atoms with Crippen molar-refractivity contribution in [1.29, 1.82) is 0 Å². The molecule has 4 rings (SSSR count). The SMILES string of the molecule is C[C@H]1NC(=O)c2cc(ccc2F)CCCNC(=O)CN(C(=O)c2ccccc2)C[C@H](c2ccccc2)NC1=O. The zero-order chi connectivity index (χ0) is 27.8. The summed E-state index contributed by atoms with van der Waals surface area (Å²) >= 11 is 0. The van der Waals surface area contributed by atoms with Crippen molar-refractivity contribution < 1.29 is 23.6 Å². The summed E-state index contributed by atoms with van der Waals surface area (Å²) in [7, 11) is 0. The van der Waals surface area contributed by atoms with Crippen LogP contribution in [0, 0.1) is 5.82 Å². The van der Waals surface area contributed by atoms with E-state index in [9.17, 15) is 23.6 Å². The van der Waals surface area contributed by atoms with E-state index < -0.39 is 29.7 Å². The minimum atomic E-state index is -0.996. The number of rotatable bonds is 2. The maximum absolute atomic E-state index is 14.5. The van der Waals surface area contributed by atoms with Crippen LogP contribution in [0.3, 0.4) is 0 Å². The van der Waals surface area contributed by atoms with Gasteiger partial charge in [-0.3, -0.25) is 19.2 Å². The average Bonchev–Trinajstić information content (AvgIpc) is 2.95. The lowest BCUT2D eigenvalue weighted by molar-refractivity contribution is -0.123. The smallest absolute Gasteiger partial charge is 0.254 e. The number of carbonyl (C=O) groups is 4. The number of carbonyl (C=O) groups excluding carboxylic acids is 4. The molecule has 1 aliphatic heterocycles. The molecule has 0 aliphatic carbocycles. The Hall–Kier alpha value is -4.53. The van der Waals surface area contributed by atoms with Crippen LogP contribution in [-0.4, -0.2) is 54.2 Å². The van der Waals surface area contributed by atoms with Gasteiger partial charge in [-0.1, -0.05) is 54.6 Å². The summed E-state index contributed by atoms with van der Waals surface area (Å²) in [5.41, 5.74) is 1.70. The third-order valence-corrected chi connectivity index (χ3v) is 6.54. The summed E-state index contributed by atoms with van der Waals surface area (Å²) in [6.45, 7) is 1.64. The van der Waals surface area contributed by atoms with Gasteiger partial charge in [-0.25, -0.2) is 4.39 Å². The van der Waals surface area contributed by atoms with Crippen LogP contribution in [0.25, 0.3) is 0 Å². The van der Waals surface area contributed by atoms with Gasteiger partial charge in [0, 0.05) is 18.7 Å². The number of benzene rings is 3. The third kappa shape index (κ3) is 7.28. The fourth-order valence-corrected chi connectivity index (χ4v) is 4.41. The van der Waals surface area contributed by atoms with Gasteiger partial charge < -0.3 is 20.9 Å². The second kappa shape index (κ2) is 12.8. The molecule has 1 aliphatic rings. The number of fused-ring (bicyclic) bond motifs is 2. The molecule has 3 N–H and O–H groups in total. The number of aryl methyl sites for hydroxylation is 1. The van der Waals surface area contributed by atoms with Crippen molar-refractivity contribution in [2.24, 2.45) is 0 Å². The van der Waals surface area contributed by atoms with E-state index in [0.717, 1.165) is 5.56 Å². The zero-order valence-corrected chi connectivity index (χ0v) is 21.7. The highest BCUT2D eigenvalue weighted by Crippen LogP contribution is 2.18. The summed E-state index contributed by atoms with van der Waals surface area (Å²) in [4.78, 5) is 53.8. The molecule has 0 saturated heterocycles. The molecule has 0 fully saturated rings. The van der Waals surface area contributed by atoms with Crippen molar-refractivity contribution >= 4 is 23.6 Å². The standard InChI is InChI=1S/C30H31FN4O4/c1-20-28(37)34-26(22-10-4-2-5-11-22)18-35(30(39)23-12-6-3-7-13-23)19-27(36)32-16-8-9-21-14-15-25(31)24(17-21)29(38)33-20/h2-7,10-15,17,20,26H,8-9,16,18-19H2,1H3,(H,32,36)(H,33,38)(H,34,37)/t20-,26-/m1/s1. The van der Waals surface area contributed by atoms with Gasteiger partial charge in [0.05, 0.1) is 18.2 Å². The van der Waals surface area contributed by atoms with Crippen molar-refractivity contribution in [3.8, 4) is 0 Å². The van der Waals surface area contributed by atoms with E-state index in [1.54, 1.807) is 48.5 Å². The van der Waals surface area contributed by atoms with E-state index in [1.807, 2.05) is 18.2 Å². The van der Waals surface area contributed by atoms with Gasteiger partial charge in [-0.2, -0.15) is 0 Å². The minimum Gasteiger partial charge on any atom is -0.355 e. The molecule has 2 bridgehead atoms. The van der Waals surface area contributed by atoms with Crippen LogP contribution in [-0.2, 0) is 16.0 Å². The van der Waals surface area contributed by atoms with Crippen LogP contribution in [0.4, 0.5) is 4.39 Å². The van der Waals surface area contributed by atoms with Gasteiger partial charge in [0.25, 0.3) is 11.8 Å². The van der Waals surface area contributed by atoms with Crippen molar-refractivity contribution in [3.63, 3.8) is 0 Å². The van der Waals surface area contributed by atoms with Crippen LogP contribution < -0.4 is 16.0 Å². The fourth-order valence-electron chi connectivity index (χ4n) is 4.41. The number of hydrogen-bond donors (Lipinski definition) is 3. The Bertz CT molecular complexity index is 1330. The van der Waals surface area contributed by atoms with Crippen LogP contribution in [0.2, 0.25) is 0 Å². The molecule has 1 heterocycles. The summed E-state index contributed by atoms with van der Waals surface area (Å²) in [6.07, 6.45) is 1.05. The van der Waals surface area contributed by atoms with Crippen LogP contribution in [0.5, 0.6) is 0 Å². The van der Waals surface area contributed by atoms with Gasteiger partial charge in [-0.15, -0.1) is 0 Å². The fraction of sp³-hybridized carbons (Fsp3) is 0.267. The molecule has 8 nitrogen and oxygen atoms in total. The predicted molar refractivity (Wildman–Crippen MR) is 144 cm³/mol. The molecule has 4 amide bonds. The normalized spacial score (nSPS) is 19.3. The molecule has 3 aromatic carbocycles. The van der Waals surface area contributed by atoms with Crippen LogP contribution >= 0.6 is 0 Å². The quantitative estimate of drug-likeness (QED) is 0.474. The highest BCUT2D eigenvalue weighted by atomic mass is 19.1. The Labute approximate surface area is 226 Å². The lowest BCUT2D eigenvalue weighted by Crippen LogP contribution is -2.49. The number of halogens is 1. The van der Waals surface area contributed by atoms with Crippen molar-refractivity contribution in [2.75, 3.05) is 19.6 Å². The monoisotopic (exact) mass is 530 g/mol. The molecule has 0 spiro atoms. The van der Waals surface area contributed by atoms with Gasteiger partial charge >= 0.3 is 0 Å². The summed E-state index contributed by atoms with van der Waals surface area (Å²) in [5.74, 6) is -2.60. The molecule has 3 aromatic rings. The summed E-state index contributed by atoms with van der Waals surface area (Å²) in [6, 6.07) is 20.3. The van der Waals surface area contributed by atoms with Crippen LogP contribution in [0.15, 0.2) is 78.9 Å². The van der Waals surface area contributed by atoms with E-state index >= 15 is 0 Å². The maximum atomic E-state index is 14.5. The van der Waals surface area contributed by atoms with E-state index in [2.05, 4.69) is 16.0 Å². The van der Waals surface area contributed by atoms with Gasteiger partial charge in [0.1, 0.15) is 11.9 Å². The Morgan fingerprint density at radius 1 is 0.923 bits per heavy atom. The first-order chi connectivity index (χ1) is 18.8. The second-order valence-electron chi connectivity index (χ2n) is 9.49. The zero-order valence-electron chi connectivity index (χ0n) is 21.7. The molecule has 2 atom stereocenters. The van der Waals surface area contributed by atoms with Crippen molar-refractivity contribution in [2.45, 2.75) is 31.8 Å². The summed E-state index contributed by atoms with van der Waals surface area (Å²) in [5, 5.41) is 8.31. The molecule has 0 saturated carbocycles. The molecule has 0 unspecified atom stereocenters. The molecular formula is C30H31FN4O4. The van der Waals surface area contributed by atoms with E-state index in [0.29, 0.717) is 30.5 Å². The number of nitrogens with one attached hydrogen (secondary N) is 3. The largest absolute Gasteiger partial charge is 0.355 e. The second-order valence-corrected chi connectivity index (χ2v) is 9.49. The average molecular weight is 531 g/mol. The Balaban J connectivity index is 1.66. The lowest BCUT2D eigenvalue weighted by Gasteiger charge is -2.29. The molecule has 202 valence electrons. The van der Waals surface area contributed by atoms with Gasteiger partial charge in [0.15, 0.2) is 0 Å². The predicted octanol–water partition coefficient (Wildman–Crippen LogP) is 3.01. The number of amides is 4. The topological polar surface area (TPSA) is 108 Å². The van der Waals surface area contributed by atoms with E-state index in [4.69, 9.17) is 0 Å². The maximum Gasteiger partial charge on any atom is 0.254 e. The van der Waals surface area contributed by atoms with Crippen molar-refractivity contribution in [1.82, 2.24) is 20.9 Å². The molecule has 39 heavy (non-hydrogen) atoms. The Morgan fingerprint density at radius 2 is 1.62 bits per heavy atom. The Kier molecular flexibility index (Phi) is 9.04.